The van der Waals surface area contributed by atoms with Gasteiger partial charge in [-0.15, -0.1) is 0 Å². The summed E-state index contributed by atoms with van der Waals surface area (Å²) in [4.78, 5) is 13.1. The van der Waals surface area contributed by atoms with Crippen molar-refractivity contribution in [3.05, 3.63) is 27.1 Å². The summed E-state index contributed by atoms with van der Waals surface area (Å²) in [6, 6.07) is 3.33. The van der Waals surface area contributed by atoms with Crippen LogP contribution in [0.3, 0.4) is 0 Å². The highest BCUT2D eigenvalue weighted by Crippen LogP contribution is 2.24. The molecule has 0 aromatic carbocycles. The fourth-order valence-corrected chi connectivity index (χ4v) is 2.02. The molecule has 2 N–H and O–H groups in total. The van der Waals surface area contributed by atoms with Gasteiger partial charge in [0.15, 0.2) is 0 Å². The Kier molecular flexibility index (Phi) is 3.99. The van der Waals surface area contributed by atoms with Gasteiger partial charge in [0.2, 0.25) is 0 Å². The Morgan fingerprint density at radius 3 is 2.86 bits per heavy atom. The van der Waals surface area contributed by atoms with E-state index in [0.29, 0.717) is 6.54 Å². The molecular formula is C8H13N3O2S. The molecule has 1 heterocycles. The molecule has 0 fully saturated rings. The second-order valence-corrected chi connectivity index (χ2v) is 4.17. The second-order valence-electron chi connectivity index (χ2n) is 3.02. The van der Waals surface area contributed by atoms with Crippen LogP contribution >= 0.6 is 11.3 Å². The molecule has 0 aliphatic heterocycles. The number of nitrogens with zero attached hydrogens (tertiary/aromatic N) is 2. The van der Waals surface area contributed by atoms with E-state index in [0.717, 1.165) is 18.0 Å². The molecule has 0 aliphatic rings. The van der Waals surface area contributed by atoms with E-state index in [-0.39, 0.29) is 9.92 Å². The van der Waals surface area contributed by atoms with Crippen molar-refractivity contribution in [1.29, 1.82) is 0 Å². The van der Waals surface area contributed by atoms with Crippen LogP contribution in [0.2, 0.25) is 0 Å². The number of hydrogen-bond acceptors (Lipinski definition) is 5. The van der Waals surface area contributed by atoms with Crippen molar-refractivity contribution in [2.75, 3.05) is 20.1 Å². The van der Waals surface area contributed by atoms with Crippen molar-refractivity contribution in [3.63, 3.8) is 0 Å². The van der Waals surface area contributed by atoms with Gasteiger partial charge in [0, 0.05) is 30.6 Å². The molecule has 1 aromatic heterocycles. The molecule has 6 heteroatoms. The van der Waals surface area contributed by atoms with Crippen LogP contribution < -0.4 is 5.73 Å². The molecule has 0 aliphatic carbocycles. The SMILES string of the molecule is CN(CCN)Cc1ccc([N+](=O)[O-])s1. The standard InChI is InChI=1S/C8H13N3O2S/c1-10(5-4-9)6-7-2-3-8(14-7)11(12)13/h2-3H,4-6,9H2,1H3. The monoisotopic (exact) mass is 215 g/mol. The molecule has 0 bridgehead atoms. The molecule has 0 saturated carbocycles. The predicted molar refractivity (Wildman–Crippen MR) is 56.4 cm³/mol. The van der Waals surface area contributed by atoms with E-state index in [4.69, 9.17) is 5.73 Å². The Labute approximate surface area is 86.3 Å². The van der Waals surface area contributed by atoms with E-state index in [1.807, 2.05) is 11.9 Å². The molecule has 0 radical (unpaired) electrons. The molecule has 0 amide bonds. The zero-order valence-electron chi connectivity index (χ0n) is 7.97. The average molecular weight is 215 g/mol. The van der Waals surface area contributed by atoms with Crippen LogP contribution in [0.5, 0.6) is 0 Å². The zero-order chi connectivity index (χ0) is 10.6. The largest absolute Gasteiger partial charge is 0.329 e. The smallest absolute Gasteiger partial charge is 0.324 e. The van der Waals surface area contributed by atoms with Gasteiger partial charge < -0.3 is 10.6 Å². The van der Waals surface area contributed by atoms with Gasteiger partial charge in [0.05, 0.1) is 4.92 Å². The van der Waals surface area contributed by atoms with E-state index in [1.54, 1.807) is 6.07 Å². The molecule has 0 unspecified atom stereocenters. The van der Waals surface area contributed by atoms with Gasteiger partial charge >= 0.3 is 5.00 Å². The third-order valence-corrected chi connectivity index (χ3v) is 2.79. The van der Waals surface area contributed by atoms with E-state index in [1.165, 1.54) is 17.4 Å². The third kappa shape index (κ3) is 3.06. The van der Waals surface area contributed by atoms with Crippen molar-refractivity contribution in [1.82, 2.24) is 4.90 Å². The van der Waals surface area contributed by atoms with Crippen molar-refractivity contribution in [2.24, 2.45) is 5.73 Å². The highest BCUT2D eigenvalue weighted by atomic mass is 32.1. The molecule has 1 rings (SSSR count). The van der Waals surface area contributed by atoms with Crippen LogP contribution in [-0.4, -0.2) is 30.0 Å². The topological polar surface area (TPSA) is 72.4 Å². The van der Waals surface area contributed by atoms with E-state index < -0.39 is 0 Å². The minimum atomic E-state index is -0.364. The molecule has 78 valence electrons. The molecular weight excluding hydrogens is 202 g/mol. The zero-order valence-corrected chi connectivity index (χ0v) is 8.79. The Balaban J connectivity index is 2.55. The number of likely N-dealkylation sites (N-methyl/N-ethyl adjacent to an activating group) is 1. The minimum absolute atomic E-state index is 0.196. The summed E-state index contributed by atoms with van der Waals surface area (Å²) in [5, 5.41) is 10.6. The van der Waals surface area contributed by atoms with Gasteiger partial charge in [-0.3, -0.25) is 10.1 Å². The molecule has 0 saturated heterocycles. The first-order chi connectivity index (χ1) is 6.63. The van der Waals surface area contributed by atoms with Crippen molar-refractivity contribution in [3.8, 4) is 0 Å². The second kappa shape index (κ2) is 5.04. The van der Waals surface area contributed by atoms with Crippen LogP contribution in [0.1, 0.15) is 4.88 Å². The number of hydrogen-bond donors (Lipinski definition) is 1. The minimum Gasteiger partial charge on any atom is -0.329 e. The first kappa shape index (κ1) is 11.1. The lowest BCUT2D eigenvalue weighted by molar-refractivity contribution is -0.380. The van der Waals surface area contributed by atoms with Crippen LogP contribution in [-0.2, 0) is 6.54 Å². The first-order valence-corrected chi connectivity index (χ1v) is 5.07. The summed E-state index contributed by atoms with van der Waals surface area (Å²) in [5.74, 6) is 0. The number of thiophene rings is 1. The van der Waals surface area contributed by atoms with Gasteiger partial charge in [-0.2, -0.15) is 0 Å². The summed E-state index contributed by atoms with van der Waals surface area (Å²) < 4.78 is 0. The van der Waals surface area contributed by atoms with Crippen LogP contribution in [0.25, 0.3) is 0 Å². The summed E-state index contributed by atoms with van der Waals surface area (Å²) in [6.07, 6.45) is 0. The van der Waals surface area contributed by atoms with E-state index in [2.05, 4.69) is 0 Å². The number of nitro groups is 1. The third-order valence-electron chi connectivity index (χ3n) is 1.76. The lowest BCUT2D eigenvalue weighted by atomic mass is 10.4. The summed E-state index contributed by atoms with van der Waals surface area (Å²) in [5.41, 5.74) is 5.39. The van der Waals surface area contributed by atoms with Crippen LogP contribution in [0.15, 0.2) is 12.1 Å². The molecule has 1 aromatic rings. The van der Waals surface area contributed by atoms with Crippen molar-refractivity contribution < 1.29 is 4.92 Å². The van der Waals surface area contributed by atoms with Gasteiger partial charge in [0.1, 0.15) is 0 Å². The average Bonchev–Trinajstić information content (AvgIpc) is 2.53. The van der Waals surface area contributed by atoms with Gasteiger partial charge in [-0.1, -0.05) is 11.3 Å². The Hall–Kier alpha value is -0.980. The fraction of sp³-hybridized carbons (Fsp3) is 0.500. The fourth-order valence-electron chi connectivity index (χ4n) is 1.12. The summed E-state index contributed by atoms with van der Waals surface area (Å²) >= 11 is 1.21. The quantitative estimate of drug-likeness (QED) is 0.588. The number of rotatable bonds is 5. The Morgan fingerprint density at radius 1 is 1.64 bits per heavy atom. The molecule has 0 atom stereocenters. The summed E-state index contributed by atoms with van der Waals surface area (Å²) in [7, 11) is 1.94. The van der Waals surface area contributed by atoms with E-state index >= 15 is 0 Å². The Bertz CT molecular complexity index is 313. The van der Waals surface area contributed by atoms with Crippen molar-refractivity contribution >= 4 is 16.3 Å². The maximum absolute atomic E-state index is 10.4. The molecule has 5 nitrogen and oxygen atoms in total. The lowest BCUT2D eigenvalue weighted by Crippen LogP contribution is -2.24. The maximum atomic E-state index is 10.4. The molecule has 14 heavy (non-hydrogen) atoms. The van der Waals surface area contributed by atoms with Crippen molar-refractivity contribution in [2.45, 2.75) is 6.54 Å². The van der Waals surface area contributed by atoms with E-state index in [9.17, 15) is 10.1 Å². The van der Waals surface area contributed by atoms with Crippen LogP contribution in [0, 0.1) is 10.1 Å². The lowest BCUT2D eigenvalue weighted by Gasteiger charge is -2.13. The normalized spacial score (nSPS) is 10.8. The van der Waals surface area contributed by atoms with Crippen LogP contribution in [0.4, 0.5) is 5.00 Å². The van der Waals surface area contributed by atoms with Gasteiger partial charge in [0.25, 0.3) is 0 Å². The predicted octanol–water partition coefficient (Wildman–Crippen LogP) is 1.05. The highest BCUT2D eigenvalue weighted by molar-refractivity contribution is 7.15. The van der Waals surface area contributed by atoms with Gasteiger partial charge in [-0.05, 0) is 13.1 Å². The maximum Gasteiger partial charge on any atom is 0.324 e. The van der Waals surface area contributed by atoms with Gasteiger partial charge in [-0.25, -0.2) is 0 Å². The molecule has 0 spiro atoms. The first-order valence-electron chi connectivity index (χ1n) is 4.25. The Morgan fingerprint density at radius 2 is 2.36 bits per heavy atom. The summed E-state index contributed by atoms with van der Waals surface area (Å²) in [6.45, 7) is 2.12. The number of nitrogens with two attached hydrogens (primary N) is 1. The highest BCUT2D eigenvalue weighted by Gasteiger charge is 2.10.